The van der Waals surface area contributed by atoms with Crippen LogP contribution in [0.5, 0.6) is 0 Å². The molecule has 1 atom stereocenters. The normalized spacial score (nSPS) is 20.7. The maximum Gasteiger partial charge on any atom is 0.0205 e. The summed E-state index contributed by atoms with van der Waals surface area (Å²) in [5.74, 6) is 0.820. The van der Waals surface area contributed by atoms with Gasteiger partial charge < -0.3 is 10.6 Å². The van der Waals surface area contributed by atoms with E-state index in [-0.39, 0.29) is 0 Å². The largest absolute Gasteiger partial charge is 0.316 e. The summed E-state index contributed by atoms with van der Waals surface area (Å²) in [5.41, 5.74) is 1.35. The first kappa shape index (κ1) is 11.1. The van der Waals surface area contributed by atoms with Gasteiger partial charge in [-0.05, 0) is 49.7 Å². The summed E-state index contributed by atoms with van der Waals surface area (Å²) in [6, 6.07) is 8.50. The molecular weight excluding hydrogens is 252 g/mol. The maximum atomic E-state index is 3.51. The number of nitrogens with one attached hydrogen (secondary N) is 2. The van der Waals surface area contributed by atoms with Crippen molar-refractivity contribution in [3.8, 4) is 0 Å². The predicted octanol–water partition coefficient (Wildman–Crippen LogP) is 2.15. The average molecular weight is 269 g/mol. The zero-order chi connectivity index (χ0) is 10.5. The van der Waals surface area contributed by atoms with Gasteiger partial charge in [0.25, 0.3) is 0 Å². The summed E-state index contributed by atoms with van der Waals surface area (Å²) >= 11 is 3.44. The molecule has 0 spiro atoms. The van der Waals surface area contributed by atoms with Gasteiger partial charge in [0.15, 0.2) is 0 Å². The number of benzene rings is 1. The lowest BCUT2D eigenvalue weighted by Gasteiger charge is -2.09. The van der Waals surface area contributed by atoms with Gasteiger partial charge in [0.05, 0.1) is 0 Å². The van der Waals surface area contributed by atoms with Gasteiger partial charge in [0.2, 0.25) is 0 Å². The molecule has 3 heteroatoms. The molecule has 0 aromatic heterocycles. The van der Waals surface area contributed by atoms with Gasteiger partial charge in [-0.25, -0.2) is 0 Å². The van der Waals surface area contributed by atoms with E-state index in [2.05, 4.69) is 50.8 Å². The van der Waals surface area contributed by atoms with E-state index >= 15 is 0 Å². The Labute approximate surface area is 99.6 Å². The van der Waals surface area contributed by atoms with E-state index in [1.807, 2.05) is 0 Å². The van der Waals surface area contributed by atoms with E-state index in [4.69, 9.17) is 0 Å². The van der Waals surface area contributed by atoms with Gasteiger partial charge in [-0.2, -0.15) is 0 Å². The van der Waals surface area contributed by atoms with Crippen molar-refractivity contribution in [2.75, 3.05) is 19.6 Å². The van der Waals surface area contributed by atoms with Gasteiger partial charge in [0.1, 0.15) is 0 Å². The molecule has 2 nitrogen and oxygen atoms in total. The maximum absolute atomic E-state index is 3.51. The fourth-order valence-electron chi connectivity index (χ4n) is 1.91. The van der Waals surface area contributed by atoms with E-state index in [0.29, 0.717) is 0 Å². The summed E-state index contributed by atoms with van der Waals surface area (Å²) < 4.78 is 1.14. The molecule has 0 radical (unpaired) electrons. The van der Waals surface area contributed by atoms with E-state index in [0.717, 1.165) is 23.5 Å². The molecule has 1 fully saturated rings. The number of rotatable bonds is 4. The first-order chi connectivity index (χ1) is 7.34. The highest BCUT2D eigenvalue weighted by molar-refractivity contribution is 9.10. The molecule has 82 valence electrons. The van der Waals surface area contributed by atoms with Crippen LogP contribution in [-0.4, -0.2) is 19.6 Å². The van der Waals surface area contributed by atoms with Crippen LogP contribution in [0, 0.1) is 5.92 Å². The highest BCUT2D eigenvalue weighted by Crippen LogP contribution is 2.10. The quantitative estimate of drug-likeness (QED) is 0.875. The van der Waals surface area contributed by atoms with Crippen molar-refractivity contribution in [3.63, 3.8) is 0 Å². The Kier molecular flexibility index (Phi) is 4.18. The van der Waals surface area contributed by atoms with Crippen LogP contribution in [0.15, 0.2) is 28.7 Å². The molecule has 1 saturated heterocycles. The third kappa shape index (κ3) is 3.59. The van der Waals surface area contributed by atoms with Crippen LogP contribution >= 0.6 is 15.9 Å². The smallest absolute Gasteiger partial charge is 0.0205 e. The van der Waals surface area contributed by atoms with Crippen LogP contribution in [0.25, 0.3) is 0 Å². The first-order valence-corrected chi connectivity index (χ1v) is 6.30. The fraction of sp³-hybridized carbons (Fsp3) is 0.500. The van der Waals surface area contributed by atoms with Gasteiger partial charge >= 0.3 is 0 Å². The molecule has 2 N–H and O–H groups in total. The standard InChI is InChI=1S/C12H17BrN2/c13-12-3-1-10(2-4-12)7-15-9-11-5-6-14-8-11/h1-4,11,14-15H,5-9H2. The summed E-state index contributed by atoms with van der Waals surface area (Å²) in [4.78, 5) is 0. The molecule has 1 aromatic rings. The van der Waals surface area contributed by atoms with E-state index in [9.17, 15) is 0 Å². The Balaban J connectivity index is 1.71. The Morgan fingerprint density at radius 2 is 2.13 bits per heavy atom. The van der Waals surface area contributed by atoms with Crippen molar-refractivity contribution in [2.45, 2.75) is 13.0 Å². The molecule has 1 aliphatic rings. The van der Waals surface area contributed by atoms with Gasteiger partial charge in [-0.1, -0.05) is 28.1 Å². The molecule has 0 bridgehead atoms. The molecule has 0 amide bonds. The summed E-state index contributed by atoms with van der Waals surface area (Å²) in [5, 5.41) is 6.89. The Morgan fingerprint density at radius 3 is 2.80 bits per heavy atom. The number of hydrogen-bond donors (Lipinski definition) is 2. The zero-order valence-electron chi connectivity index (χ0n) is 8.80. The van der Waals surface area contributed by atoms with Crippen molar-refractivity contribution in [3.05, 3.63) is 34.3 Å². The summed E-state index contributed by atoms with van der Waals surface area (Å²) in [6.45, 7) is 4.46. The highest BCUT2D eigenvalue weighted by Gasteiger charge is 2.12. The molecule has 0 saturated carbocycles. The SMILES string of the molecule is Brc1ccc(CNCC2CCNC2)cc1. The lowest BCUT2D eigenvalue weighted by molar-refractivity contribution is 0.512. The minimum Gasteiger partial charge on any atom is -0.316 e. The number of hydrogen-bond acceptors (Lipinski definition) is 2. The fourth-order valence-corrected chi connectivity index (χ4v) is 2.18. The van der Waals surface area contributed by atoms with Crippen LogP contribution < -0.4 is 10.6 Å². The summed E-state index contributed by atoms with van der Waals surface area (Å²) in [6.07, 6.45) is 1.31. The Hall–Kier alpha value is -0.380. The van der Waals surface area contributed by atoms with E-state index in [1.165, 1.54) is 25.1 Å². The van der Waals surface area contributed by atoms with Crippen LogP contribution in [0.1, 0.15) is 12.0 Å². The minimum atomic E-state index is 0.820. The van der Waals surface area contributed by atoms with Crippen molar-refractivity contribution >= 4 is 15.9 Å². The second-order valence-corrected chi connectivity index (χ2v) is 5.03. The lowest BCUT2D eigenvalue weighted by atomic mass is 10.1. The van der Waals surface area contributed by atoms with Gasteiger partial charge in [-0.15, -0.1) is 0 Å². The van der Waals surface area contributed by atoms with E-state index < -0.39 is 0 Å². The van der Waals surface area contributed by atoms with Crippen LogP contribution in [0.2, 0.25) is 0 Å². The molecule has 1 aromatic carbocycles. The lowest BCUT2D eigenvalue weighted by Crippen LogP contribution is -2.23. The Morgan fingerprint density at radius 1 is 1.33 bits per heavy atom. The molecule has 2 rings (SSSR count). The number of halogens is 1. The molecular formula is C12H17BrN2. The minimum absolute atomic E-state index is 0.820. The van der Waals surface area contributed by atoms with Crippen molar-refractivity contribution in [1.82, 2.24) is 10.6 Å². The van der Waals surface area contributed by atoms with Crippen molar-refractivity contribution in [1.29, 1.82) is 0 Å². The van der Waals surface area contributed by atoms with E-state index in [1.54, 1.807) is 0 Å². The first-order valence-electron chi connectivity index (χ1n) is 5.50. The topological polar surface area (TPSA) is 24.1 Å². The molecule has 1 unspecified atom stereocenters. The van der Waals surface area contributed by atoms with Crippen molar-refractivity contribution < 1.29 is 0 Å². The van der Waals surface area contributed by atoms with Gasteiger partial charge in [-0.3, -0.25) is 0 Å². The average Bonchev–Trinajstić information content (AvgIpc) is 2.74. The predicted molar refractivity (Wildman–Crippen MR) is 66.8 cm³/mol. The van der Waals surface area contributed by atoms with Crippen molar-refractivity contribution in [2.24, 2.45) is 5.92 Å². The second-order valence-electron chi connectivity index (χ2n) is 4.12. The summed E-state index contributed by atoms with van der Waals surface area (Å²) in [7, 11) is 0. The Bertz CT molecular complexity index is 291. The molecule has 1 aliphatic heterocycles. The zero-order valence-corrected chi connectivity index (χ0v) is 10.4. The highest BCUT2D eigenvalue weighted by atomic mass is 79.9. The third-order valence-corrected chi connectivity index (χ3v) is 3.37. The monoisotopic (exact) mass is 268 g/mol. The van der Waals surface area contributed by atoms with Gasteiger partial charge in [0, 0.05) is 11.0 Å². The third-order valence-electron chi connectivity index (χ3n) is 2.84. The molecule has 0 aliphatic carbocycles. The second kappa shape index (κ2) is 5.64. The van der Waals surface area contributed by atoms with Crippen LogP contribution in [-0.2, 0) is 6.54 Å². The van der Waals surface area contributed by atoms with Crippen LogP contribution in [0.4, 0.5) is 0 Å². The molecule has 1 heterocycles. The van der Waals surface area contributed by atoms with Crippen LogP contribution in [0.3, 0.4) is 0 Å². The molecule has 15 heavy (non-hydrogen) atoms.